The third-order valence-electron chi connectivity index (χ3n) is 6.07. The molecule has 0 saturated heterocycles. The number of carbonyl (C=O) groups excluding carboxylic acids is 2. The highest BCUT2D eigenvalue weighted by Gasteiger charge is 2.29. The van der Waals surface area contributed by atoms with Crippen molar-refractivity contribution in [3.05, 3.63) is 59.7 Å². The van der Waals surface area contributed by atoms with Gasteiger partial charge in [0.15, 0.2) is 0 Å². The van der Waals surface area contributed by atoms with Crippen LogP contribution in [0.1, 0.15) is 56.6 Å². The quantitative estimate of drug-likeness (QED) is 0.396. The maximum atomic E-state index is 12.6. The van der Waals surface area contributed by atoms with E-state index in [1.165, 1.54) is 0 Å². The minimum atomic E-state index is -0.988. The zero-order valence-corrected chi connectivity index (χ0v) is 20.3. The number of ether oxygens (including phenoxy) is 2. The lowest BCUT2D eigenvalue weighted by Crippen LogP contribution is -2.41. The molecule has 2 aromatic carbocycles. The molecule has 0 spiro atoms. The van der Waals surface area contributed by atoms with E-state index in [-0.39, 0.29) is 43.9 Å². The third-order valence-corrected chi connectivity index (χ3v) is 6.07. The Balaban J connectivity index is 1.53. The summed E-state index contributed by atoms with van der Waals surface area (Å²) in [6.07, 6.45) is 0.121. The molecule has 0 aliphatic heterocycles. The van der Waals surface area contributed by atoms with Crippen LogP contribution in [0.4, 0.5) is 4.79 Å². The molecule has 1 aliphatic rings. The van der Waals surface area contributed by atoms with Gasteiger partial charge in [0, 0.05) is 31.5 Å². The second-order valence-electron chi connectivity index (χ2n) is 8.64. The summed E-state index contributed by atoms with van der Waals surface area (Å²) in [5.41, 5.74) is 4.59. The first-order valence-electron chi connectivity index (χ1n) is 12.1. The average Bonchev–Trinajstić information content (AvgIpc) is 3.15. The van der Waals surface area contributed by atoms with Gasteiger partial charge >= 0.3 is 12.1 Å². The molecule has 188 valence electrons. The number of amides is 2. The lowest BCUT2D eigenvalue weighted by Gasteiger charge is -2.20. The van der Waals surface area contributed by atoms with Crippen molar-refractivity contribution in [1.29, 1.82) is 0 Å². The number of carbonyl (C=O) groups is 3. The van der Waals surface area contributed by atoms with Crippen LogP contribution in [0, 0.1) is 0 Å². The van der Waals surface area contributed by atoms with Gasteiger partial charge in [0.05, 0.1) is 12.5 Å². The number of nitrogens with one attached hydrogen (secondary N) is 2. The molecule has 3 N–H and O–H groups in total. The van der Waals surface area contributed by atoms with Gasteiger partial charge in [-0.25, -0.2) is 4.79 Å². The number of rotatable bonds is 13. The first-order valence-corrected chi connectivity index (χ1v) is 12.1. The van der Waals surface area contributed by atoms with Gasteiger partial charge in [-0.05, 0) is 35.6 Å². The standard InChI is InChI=1S/C27H34N2O6/c1-3-9-18(14-25(30)28-16-19(34-4-2)15-26(31)32)29-27(33)35-17-24-22-12-7-5-10-20(22)21-11-6-8-13-23(21)24/h5-8,10-13,18-19,24H,3-4,9,14-17H2,1-2H3,(H,28,30)(H,29,33)(H,31,32). The van der Waals surface area contributed by atoms with Crippen LogP contribution < -0.4 is 10.6 Å². The summed E-state index contributed by atoms with van der Waals surface area (Å²) in [5, 5.41) is 14.5. The zero-order chi connectivity index (χ0) is 25.2. The summed E-state index contributed by atoms with van der Waals surface area (Å²) in [4.78, 5) is 36.0. The van der Waals surface area contributed by atoms with Gasteiger partial charge < -0.3 is 25.2 Å². The first-order chi connectivity index (χ1) is 16.9. The van der Waals surface area contributed by atoms with Gasteiger partial charge in [0.1, 0.15) is 6.61 Å². The normalized spacial score (nSPS) is 13.9. The van der Waals surface area contributed by atoms with Crippen molar-refractivity contribution in [2.75, 3.05) is 19.8 Å². The van der Waals surface area contributed by atoms with Crippen molar-refractivity contribution < 1.29 is 29.0 Å². The molecule has 2 amide bonds. The number of carboxylic acid groups (broad SMARTS) is 1. The molecule has 1 aliphatic carbocycles. The molecule has 0 bridgehead atoms. The zero-order valence-electron chi connectivity index (χ0n) is 20.3. The fourth-order valence-corrected chi connectivity index (χ4v) is 4.52. The monoisotopic (exact) mass is 482 g/mol. The van der Waals surface area contributed by atoms with Crippen molar-refractivity contribution in [3.63, 3.8) is 0 Å². The van der Waals surface area contributed by atoms with E-state index < -0.39 is 18.2 Å². The van der Waals surface area contributed by atoms with Crippen molar-refractivity contribution in [2.45, 2.75) is 57.6 Å². The molecule has 0 aromatic heterocycles. The van der Waals surface area contributed by atoms with Crippen LogP contribution in [-0.2, 0) is 19.1 Å². The highest BCUT2D eigenvalue weighted by atomic mass is 16.5. The Bertz CT molecular complexity index is 979. The largest absolute Gasteiger partial charge is 0.481 e. The molecule has 2 aromatic rings. The molecular weight excluding hydrogens is 448 g/mol. The van der Waals surface area contributed by atoms with Crippen molar-refractivity contribution in [3.8, 4) is 11.1 Å². The lowest BCUT2D eigenvalue weighted by atomic mass is 9.98. The van der Waals surface area contributed by atoms with Crippen LogP contribution >= 0.6 is 0 Å². The summed E-state index contributed by atoms with van der Waals surface area (Å²) < 4.78 is 11.0. The van der Waals surface area contributed by atoms with Gasteiger partial charge in [-0.15, -0.1) is 0 Å². The van der Waals surface area contributed by atoms with Crippen molar-refractivity contribution >= 4 is 18.0 Å². The smallest absolute Gasteiger partial charge is 0.407 e. The topological polar surface area (TPSA) is 114 Å². The molecule has 3 rings (SSSR count). The van der Waals surface area contributed by atoms with E-state index >= 15 is 0 Å². The molecule has 2 unspecified atom stereocenters. The number of benzene rings is 2. The summed E-state index contributed by atoms with van der Waals surface area (Å²) in [6, 6.07) is 15.9. The minimum Gasteiger partial charge on any atom is -0.481 e. The summed E-state index contributed by atoms with van der Waals surface area (Å²) in [5.74, 6) is -1.30. The Morgan fingerprint density at radius 1 is 0.971 bits per heavy atom. The van der Waals surface area contributed by atoms with E-state index in [2.05, 4.69) is 34.9 Å². The number of alkyl carbamates (subject to hydrolysis) is 1. The Hall–Kier alpha value is -3.39. The molecule has 0 radical (unpaired) electrons. The van der Waals surface area contributed by atoms with Crippen LogP contribution in [0.5, 0.6) is 0 Å². The van der Waals surface area contributed by atoms with Gasteiger partial charge in [-0.2, -0.15) is 0 Å². The van der Waals surface area contributed by atoms with Gasteiger partial charge in [0.2, 0.25) is 5.91 Å². The number of aliphatic carboxylic acids is 1. The van der Waals surface area contributed by atoms with Crippen LogP contribution in [0.15, 0.2) is 48.5 Å². The van der Waals surface area contributed by atoms with Gasteiger partial charge in [0.25, 0.3) is 0 Å². The third kappa shape index (κ3) is 7.29. The molecule has 2 atom stereocenters. The van der Waals surface area contributed by atoms with Gasteiger partial charge in [-0.1, -0.05) is 61.9 Å². The minimum absolute atomic E-state index is 0.0363. The van der Waals surface area contributed by atoms with Crippen LogP contribution in [-0.4, -0.2) is 55.0 Å². The second-order valence-corrected chi connectivity index (χ2v) is 8.64. The molecule has 8 nitrogen and oxygen atoms in total. The first kappa shape index (κ1) is 26.2. The summed E-state index contributed by atoms with van der Waals surface area (Å²) in [7, 11) is 0. The van der Waals surface area contributed by atoms with Crippen LogP contribution in [0.25, 0.3) is 11.1 Å². The fraction of sp³-hybridized carbons (Fsp3) is 0.444. The Morgan fingerprint density at radius 2 is 1.60 bits per heavy atom. The summed E-state index contributed by atoms with van der Waals surface area (Å²) >= 11 is 0. The van der Waals surface area contributed by atoms with E-state index in [4.69, 9.17) is 14.6 Å². The van der Waals surface area contributed by atoms with Crippen molar-refractivity contribution in [2.24, 2.45) is 0 Å². The highest BCUT2D eigenvalue weighted by Crippen LogP contribution is 2.44. The predicted octanol–water partition coefficient (Wildman–Crippen LogP) is 4.08. The Kier molecular flexibility index (Phi) is 9.66. The molecule has 8 heteroatoms. The van der Waals surface area contributed by atoms with Crippen molar-refractivity contribution in [1.82, 2.24) is 10.6 Å². The molecule has 0 saturated carbocycles. The number of hydrogen-bond acceptors (Lipinski definition) is 5. The molecule has 0 heterocycles. The molecular formula is C27H34N2O6. The van der Waals surface area contributed by atoms with E-state index in [1.54, 1.807) is 6.92 Å². The van der Waals surface area contributed by atoms with Crippen LogP contribution in [0.3, 0.4) is 0 Å². The van der Waals surface area contributed by atoms with E-state index in [1.807, 2.05) is 31.2 Å². The molecule has 0 fully saturated rings. The number of fused-ring (bicyclic) bond motifs is 3. The highest BCUT2D eigenvalue weighted by molar-refractivity contribution is 5.79. The average molecular weight is 483 g/mol. The second kappa shape index (κ2) is 12.9. The van der Waals surface area contributed by atoms with Gasteiger partial charge in [-0.3, -0.25) is 9.59 Å². The Morgan fingerprint density at radius 3 is 2.17 bits per heavy atom. The Labute approximate surface area is 206 Å². The SMILES string of the molecule is CCCC(CC(=O)NCC(CC(=O)O)OCC)NC(=O)OCC1c2ccccc2-c2ccccc21. The summed E-state index contributed by atoms with van der Waals surface area (Å²) in [6.45, 7) is 4.41. The van der Waals surface area contributed by atoms with E-state index in [9.17, 15) is 14.4 Å². The maximum absolute atomic E-state index is 12.6. The van der Waals surface area contributed by atoms with E-state index in [0.717, 1.165) is 28.7 Å². The maximum Gasteiger partial charge on any atom is 0.407 e. The molecule has 35 heavy (non-hydrogen) atoms. The lowest BCUT2D eigenvalue weighted by molar-refractivity contribution is -0.140. The number of hydrogen-bond donors (Lipinski definition) is 3. The fourth-order valence-electron chi connectivity index (χ4n) is 4.52. The van der Waals surface area contributed by atoms with E-state index in [0.29, 0.717) is 13.0 Å². The number of carboxylic acids is 1. The predicted molar refractivity (Wildman–Crippen MR) is 132 cm³/mol. The van der Waals surface area contributed by atoms with Crippen LogP contribution in [0.2, 0.25) is 0 Å².